The standard InChI is InChI=1S/C16H22N4O2S/c1-11-13(10-19(2)18-11)17-16(22)20-7-3-5-12(20)9-14(21)15-6-4-8-23-15/h4,6,8,10,12,14,21H,3,5,7,9H2,1-2H3,(H,17,22)/t12-,14+/m0/s1. The van der Waals surface area contributed by atoms with Crippen LogP contribution in [-0.2, 0) is 7.05 Å². The minimum atomic E-state index is -0.506. The molecule has 1 aliphatic rings. The highest BCUT2D eigenvalue weighted by Gasteiger charge is 2.31. The number of aliphatic hydroxyl groups excluding tert-OH is 1. The highest BCUT2D eigenvalue weighted by Crippen LogP contribution is 2.30. The fourth-order valence-electron chi connectivity index (χ4n) is 3.11. The number of nitrogens with one attached hydrogen (secondary N) is 1. The third-order valence-electron chi connectivity index (χ3n) is 4.26. The molecular formula is C16H22N4O2S. The average molecular weight is 334 g/mol. The molecule has 2 aromatic heterocycles. The van der Waals surface area contributed by atoms with Crippen molar-refractivity contribution in [3.8, 4) is 0 Å². The monoisotopic (exact) mass is 334 g/mol. The molecule has 2 amide bonds. The van der Waals surface area contributed by atoms with Crippen LogP contribution in [0.3, 0.4) is 0 Å². The van der Waals surface area contributed by atoms with Crippen LogP contribution < -0.4 is 5.32 Å². The summed E-state index contributed by atoms with van der Waals surface area (Å²) in [6.07, 6.45) is 3.79. The highest BCUT2D eigenvalue weighted by atomic mass is 32.1. The minimum absolute atomic E-state index is 0.0732. The molecule has 1 aliphatic heterocycles. The van der Waals surface area contributed by atoms with Crippen LogP contribution in [0.5, 0.6) is 0 Å². The molecule has 3 rings (SSSR count). The van der Waals surface area contributed by atoms with E-state index in [0.717, 1.165) is 35.6 Å². The van der Waals surface area contributed by atoms with Crippen LogP contribution >= 0.6 is 11.3 Å². The first-order valence-electron chi connectivity index (χ1n) is 7.84. The number of anilines is 1. The number of hydrogen-bond acceptors (Lipinski definition) is 4. The van der Waals surface area contributed by atoms with Gasteiger partial charge in [0.1, 0.15) is 0 Å². The minimum Gasteiger partial charge on any atom is -0.387 e. The van der Waals surface area contributed by atoms with Crippen molar-refractivity contribution in [1.82, 2.24) is 14.7 Å². The van der Waals surface area contributed by atoms with Crippen LogP contribution in [-0.4, -0.2) is 38.4 Å². The molecule has 2 atom stereocenters. The van der Waals surface area contributed by atoms with E-state index in [9.17, 15) is 9.90 Å². The Balaban J connectivity index is 1.64. The van der Waals surface area contributed by atoms with Crippen molar-refractivity contribution >= 4 is 23.1 Å². The van der Waals surface area contributed by atoms with Gasteiger partial charge in [-0.05, 0) is 37.6 Å². The van der Waals surface area contributed by atoms with Gasteiger partial charge in [-0.15, -0.1) is 11.3 Å². The molecule has 3 heterocycles. The maximum Gasteiger partial charge on any atom is 0.322 e. The Hall–Kier alpha value is -1.86. The van der Waals surface area contributed by atoms with E-state index in [1.54, 1.807) is 22.2 Å². The van der Waals surface area contributed by atoms with Gasteiger partial charge >= 0.3 is 6.03 Å². The second-order valence-corrected chi connectivity index (χ2v) is 6.97. The van der Waals surface area contributed by atoms with Gasteiger partial charge < -0.3 is 15.3 Å². The molecule has 0 bridgehead atoms. The molecule has 124 valence electrons. The van der Waals surface area contributed by atoms with Crippen LogP contribution in [0.2, 0.25) is 0 Å². The predicted octanol–water partition coefficient (Wildman–Crippen LogP) is 2.91. The average Bonchev–Trinajstić information content (AvgIpc) is 3.21. The number of aryl methyl sites for hydroxylation is 2. The summed E-state index contributed by atoms with van der Waals surface area (Å²) in [5.74, 6) is 0. The van der Waals surface area contributed by atoms with Crippen molar-refractivity contribution < 1.29 is 9.90 Å². The number of aliphatic hydroxyl groups is 1. The first-order chi connectivity index (χ1) is 11.0. The summed E-state index contributed by atoms with van der Waals surface area (Å²) in [6, 6.07) is 3.84. The fourth-order valence-corrected chi connectivity index (χ4v) is 3.84. The smallest absolute Gasteiger partial charge is 0.322 e. The largest absolute Gasteiger partial charge is 0.387 e. The Morgan fingerprint density at radius 3 is 3.09 bits per heavy atom. The maximum absolute atomic E-state index is 12.6. The quantitative estimate of drug-likeness (QED) is 0.903. The van der Waals surface area contributed by atoms with E-state index in [4.69, 9.17) is 0 Å². The van der Waals surface area contributed by atoms with E-state index in [0.29, 0.717) is 6.42 Å². The van der Waals surface area contributed by atoms with Gasteiger partial charge in [-0.1, -0.05) is 6.07 Å². The van der Waals surface area contributed by atoms with Gasteiger partial charge in [-0.2, -0.15) is 5.10 Å². The second-order valence-electron chi connectivity index (χ2n) is 5.99. The molecular weight excluding hydrogens is 312 g/mol. The van der Waals surface area contributed by atoms with Crippen LogP contribution in [0, 0.1) is 6.92 Å². The van der Waals surface area contributed by atoms with Crippen molar-refractivity contribution in [2.45, 2.75) is 38.3 Å². The van der Waals surface area contributed by atoms with Crippen molar-refractivity contribution in [2.75, 3.05) is 11.9 Å². The Morgan fingerprint density at radius 2 is 2.43 bits per heavy atom. The van der Waals surface area contributed by atoms with E-state index in [-0.39, 0.29) is 12.1 Å². The molecule has 1 saturated heterocycles. The number of urea groups is 1. The first kappa shape index (κ1) is 16.0. The van der Waals surface area contributed by atoms with Crippen LogP contribution in [0.25, 0.3) is 0 Å². The van der Waals surface area contributed by atoms with Gasteiger partial charge in [-0.3, -0.25) is 4.68 Å². The number of thiophene rings is 1. The second kappa shape index (κ2) is 6.72. The summed E-state index contributed by atoms with van der Waals surface area (Å²) in [7, 11) is 1.83. The lowest BCUT2D eigenvalue weighted by Gasteiger charge is -2.26. The van der Waals surface area contributed by atoms with Crippen molar-refractivity contribution in [1.29, 1.82) is 0 Å². The lowest BCUT2D eigenvalue weighted by Crippen LogP contribution is -2.39. The molecule has 2 N–H and O–H groups in total. The van der Waals surface area contributed by atoms with Gasteiger partial charge in [-0.25, -0.2) is 4.79 Å². The number of nitrogens with zero attached hydrogens (tertiary/aromatic N) is 3. The molecule has 2 aromatic rings. The third kappa shape index (κ3) is 3.56. The number of amides is 2. The van der Waals surface area contributed by atoms with Gasteiger partial charge in [0, 0.05) is 30.7 Å². The molecule has 0 aliphatic carbocycles. The number of carbonyl (C=O) groups is 1. The van der Waals surface area contributed by atoms with Crippen molar-refractivity contribution in [3.05, 3.63) is 34.3 Å². The first-order valence-corrected chi connectivity index (χ1v) is 8.72. The molecule has 0 saturated carbocycles. The van der Waals surface area contributed by atoms with E-state index in [2.05, 4.69) is 10.4 Å². The van der Waals surface area contributed by atoms with Crippen molar-refractivity contribution in [3.63, 3.8) is 0 Å². The molecule has 0 unspecified atom stereocenters. The summed E-state index contributed by atoms with van der Waals surface area (Å²) >= 11 is 1.55. The lowest BCUT2D eigenvalue weighted by atomic mass is 10.1. The normalized spacial score (nSPS) is 19.1. The fraction of sp³-hybridized carbons (Fsp3) is 0.500. The highest BCUT2D eigenvalue weighted by molar-refractivity contribution is 7.10. The number of carbonyl (C=O) groups excluding carboxylic acids is 1. The Bertz CT molecular complexity index is 668. The molecule has 6 nitrogen and oxygen atoms in total. The summed E-state index contributed by atoms with van der Waals surface area (Å²) in [4.78, 5) is 15.3. The molecule has 0 spiro atoms. The van der Waals surface area contributed by atoms with E-state index in [1.807, 2.05) is 36.4 Å². The number of rotatable bonds is 4. The lowest BCUT2D eigenvalue weighted by molar-refractivity contribution is 0.132. The van der Waals surface area contributed by atoms with Gasteiger partial charge in [0.2, 0.25) is 0 Å². The molecule has 1 fully saturated rings. The summed E-state index contributed by atoms with van der Waals surface area (Å²) < 4.78 is 1.69. The number of aromatic nitrogens is 2. The van der Waals surface area contributed by atoms with Crippen LogP contribution in [0.1, 0.15) is 35.9 Å². The molecule has 0 aromatic carbocycles. The Kier molecular flexibility index (Phi) is 4.68. The number of likely N-dealkylation sites (tertiary alicyclic amines) is 1. The summed E-state index contributed by atoms with van der Waals surface area (Å²) in [5.41, 5.74) is 1.54. The molecule has 0 radical (unpaired) electrons. The zero-order chi connectivity index (χ0) is 16.4. The molecule has 23 heavy (non-hydrogen) atoms. The Morgan fingerprint density at radius 1 is 1.61 bits per heavy atom. The van der Waals surface area contributed by atoms with E-state index in [1.165, 1.54) is 0 Å². The topological polar surface area (TPSA) is 70.4 Å². The zero-order valence-electron chi connectivity index (χ0n) is 13.4. The van der Waals surface area contributed by atoms with E-state index < -0.39 is 6.10 Å². The third-order valence-corrected chi connectivity index (χ3v) is 5.23. The van der Waals surface area contributed by atoms with Gasteiger partial charge in [0.15, 0.2) is 0 Å². The van der Waals surface area contributed by atoms with Gasteiger partial charge in [0.25, 0.3) is 0 Å². The van der Waals surface area contributed by atoms with Crippen LogP contribution in [0.15, 0.2) is 23.7 Å². The summed E-state index contributed by atoms with van der Waals surface area (Å²) in [6.45, 7) is 2.60. The van der Waals surface area contributed by atoms with E-state index >= 15 is 0 Å². The maximum atomic E-state index is 12.6. The zero-order valence-corrected chi connectivity index (χ0v) is 14.2. The van der Waals surface area contributed by atoms with Crippen molar-refractivity contribution in [2.24, 2.45) is 7.05 Å². The predicted molar refractivity (Wildman–Crippen MR) is 90.6 cm³/mol. The Labute approximate surface area is 139 Å². The van der Waals surface area contributed by atoms with Crippen LogP contribution in [0.4, 0.5) is 10.5 Å². The summed E-state index contributed by atoms with van der Waals surface area (Å²) in [5, 5.41) is 19.5. The molecule has 7 heteroatoms. The number of hydrogen-bond donors (Lipinski definition) is 2. The SMILES string of the molecule is Cc1nn(C)cc1NC(=O)N1CCC[C@H]1C[C@@H](O)c1cccs1. The van der Waals surface area contributed by atoms with Gasteiger partial charge in [0.05, 0.1) is 17.5 Å².